The Morgan fingerprint density at radius 3 is 2.71 bits per heavy atom. The normalized spacial score (nSPS) is 22.0. The zero-order valence-corrected chi connectivity index (χ0v) is 12.2. The lowest BCUT2D eigenvalue weighted by Gasteiger charge is -2.37. The topological polar surface area (TPSA) is 66.8 Å². The third kappa shape index (κ3) is 4.04. The summed E-state index contributed by atoms with van der Waals surface area (Å²) in [5, 5.41) is 9.30. The predicted molar refractivity (Wildman–Crippen MR) is 77.6 cm³/mol. The number of carbonyl (C=O) groups is 2. The summed E-state index contributed by atoms with van der Waals surface area (Å²) >= 11 is 0. The Bertz CT molecular complexity index is 488. The fourth-order valence-electron chi connectivity index (χ4n) is 2.76. The van der Waals surface area contributed by atoms with Gasteiger partial charge in [-0.1, -0.05) is 37.3 Å². The van der Waals surface area contributed by atoms with Gasteiger partial charge in [0, 0.05) is 6.54 Å². The van der Waals surface area contributed by atoms with Gasteiger partial charge < -0.3 is 14.7 Å². The summed E-state index contributed by atoms with van der Waals surface area (Å²) in [6, 6.07) is 8.86. The number of piperidine rings is 1. The van der Waals surface area contributed by atoms with Crippen LogP contribution in [0, 0.1) is 5.92 Å². The summed E-state index contributed by atoms with van der Waals surface area (Å²) in [4.78, 5) is 25.0. The number of nitrogens with zero attached hydrogens (tertiary/aromatic N) is 1. The summed E-state index contributed by atoms with van der Waals surface area (Å²) in [6.07, 6.45) is 1.68. The van der Waals surface area contributed by atoms with Gasteiger partial charge >= 0.3 is 5.97 Å². The predicted octanol–water partition coefficient (Wildman–Crippen LogP) is 1.91. The van der Waals surface area contributed by atoms with Crippen LogP contribution >= 0.6 is 0 Å². The van der Waals surface area contributed by atoms with E-state index in [-0.39, 0.29) is 18.4 Å². The SMILES string of the molecule is CC1CCCN(C(=O)COCc2ccccc2)C1C(=O)O. The van der Waals surface area contributed by atoms with E-state index in [9.17, 15) is 14.7 Å². The highest BCUT2D eigenvalue weighted by Gasteiger charge is 2.36. The van der Waals surface area contributed by atoms with Gasteiger partial charge in [-0.25, -0.2) is 4.79 Å². The Morgan fingerprint density at radius 2 is 2.05 bits per heavy atom. The van der Waals surface area contributed by atoms with E-state index in [1.54, 1.807) is 0 Å². The lowest BCUT2D eigenvalue weighted by atomic mass is 9.91. The van der Waals surface area contributed by atoms with E-state index in [4.69, 9.17) is 4.74 Å². The molecule has 1 amide bonds. The number of hydrogen-bond donors (Lipinski definition) is 1. The minimum absolute atomic E-state index is 0.0191. The highest BCUT2D eigenvalue weighted by atomic mass is 16.5. The van der Waals surface area contributed by atoms with Gasteiger partial charge in [-0.2, -0.15) is 0 Å². The van der Waals surface area contributed by atoms with Gasteiger partial charge in [0.2, 0.25) is 5.91 Å². The number of amides is 1. The molecule has 1 aliphatic rings. The number of hydrogen-bond acceptors (Lipinski definition) is 3. The monoisotopic (exact) mass is 291 g/mol. The molecule has 1 N–H and O–H groups in total. The highest BCUT2D eigenvalue weighted by Crippen LogP contribution is 2.23. The van der Waals surface area contributed by atoms with Gasteiger partial charge in [0.15, 0.2) is 0 Å². The highest BCUT2D eigenvalue weighted by molar-refractivity contribution is 5.84. The van der Waals surface area contributed by atoms with Crippen LogP contribution in [-0.2, 0) is 20.9 Å². The standard InChI is InChI=1S/C16H21NO4/c1-12-6-5-9-17(15(12)16(19)20)14(18)11-21-10-13-7-3-2-4-8-13/h2-4,7-8,12,15H,5-6,9-11H2,1H3,(H,19,20). The fourth-order valence-corrected chi connectivity index (χ4v) is 2.76. The molecule has 5 heteroatoms. The van der Waals surface area contributed by atoms with Gasteiger partial charge in [0.1, 0.15) is 12.6 Å². The molecule has 1 heterocycles. The minimum atomic E-state index is -0.932. The molecule has 21 heavy (non-hydrogen) atoms. The second kappa shape index (κ2) is 7.22. The molecule has 1 aromatic rings. The van der Waals surface area contributed by atoms with Gasteiger partial charge in [0.25, 0.3) is 0 Å². The molecular weight excluding hydrogens is 270 g/mol. The van der Waals surface area contributed by atoms with Crippen LogP contribution < -0.4 is 0 Å². The maximum Gasteiger partial charge on any atom is 0.326 e. The number of aliphatic carboxylic acids is 1. The average Bonchev–Trinajstić information content (AvgIpc) is 2.47. The summed E-state index contributed by atoms with van der Waals surface area (Å²) < 4.78 is 5.41. The lowest BCUT2D eigenvalue weighted by molar-refractivity contribution is -0.156. The first kappa shape index (κ1) is 15.5. The maximum absolute atomic E-state index is 12.2. The van der Waals surface area contributed by atoms with E-state index in [1.165, 1.54) is 4.90 Å². The molecule has 0 aliphatic carbocycles. The number of likely N-dealkylation sites (tertiary alicyclic amines) is 1. The molecule has 0 radical (unpaired) electrons. The molecule has 114 valence electrons. The molecule has 1 saturated heterocycles. The van der Waals surface area contributed by atoms with Crippen LogP contribution in [0.5, 0.6) is 0 Å². The van der Waals surface area contributed by atoms with E-state index in [2.05, 4.69) is 0 Å². The average molecular weight is 291 g/mol. The third-order valence-electron chi connectivity index (χ3n) is 3.84. The van der Waals surface area contributed by atoms with Crippen LogP contribution in [0.4, 0.5) is 0 Å². The molecule has 2 unspecified atom stereocenters. The molecule has 1 aromatic carbocycles. The van der Waals surface area contributed by atoms with E-state index < -0.39 is 12.0 Å². The molecule has 5 nitrogen and oxygen atoms in total. The second-order valence-electron chi connectivity index (χ2n) is 5.47. The summed E-state index contributed by atoms with van der Waals surface area (Å²) in [5.74, 6) is -1.20. The Kier molecular flexibility index (Phi) is 5.33. The smallest absolute Gasteiger partial charge is 0.326 e. The van der Waals surface area contributed by atoms with E-state index >= 15 is 0 Å². The number of carbonyl (C=O) groups excluding carboxylic acids is 1. The molecular formula is C16H21NO4. The van der Waals surface area contributed by atoms with E-state index in [0.717, 1.165) is 18.4 Å². The Balaban J connectivity index is 1.88. The van der Waals surface area contributed by atoms with Gasteiger partial charge in [-0.15, -0.1) is 0 Å². The van der Waals surface area contributed by atoms with Crippen LogP contribution in [0.15, 0.2) is 30.3 Å². The molecule has 0 aromatic heterocycles. The first-order valence-electron chi connectivity index (χ1n) is 7.23. The minimum Gasteiger partial charge on any atom is -0.480 e. The maximum atomic E-state index is 12.2. The largest absolute Gasteiger partial charge is 0.480 e. The summed E-state index contributed by atoms with van der Waals surface area (Å²) in [5.41, 5.74) is 0.993. The van der Waals surface area contributed by atoms with Gasteiger partial charge in [-0.3, -0.25) is 4.79 Å². The molecule has 1 aliphatic heterocycles. The van der Waals surface area contributed by atoms with Crippen molar-refractivity contribution in [2.75, 3.05) is 13.2 Å². The number of ether oxygens (including phenoxy) is 1. The number of benzene rings is 1. The van der Waals surface area contributed by atoms with Crippen molar-refractivity contribution in [1.29, 1.82) is 0 Å². The van der Waals surface area contributed by atoms with Crippen molar-refractivity contribution in [2.24, 2.45) is 5.92 Å². The number of carboxylic acid groups (broad SMARTS) is 1. The quantitative estimate of drug-likeness (QED) is 0.900. The summed E-state index contributed by atoms with van der Waals surface area (Å²) in [7, 11) is 0. The van der Waals surface area contributed by atoms with Crippen molar-refractivity contribution in [3.05, 3.63) is 35.9 Å². The van der Waals surface area contributed by atoms with Crippen LogP contribution in [-0.4, -0.2) is 41.1 Å². The van der Waals surface area contributed by atoms with Crippen molar-refractivity contribution in [3.63, 3.8) is 0 Å². The summed E-state index contributed by atoms with van der Waals surface area (Å²) in [6.45, 7) is 2.65. The van der Waals surface area contributed by atoms with Crippen molar-refractivity contribution in [2.45, 2.75) is 32.4 Å². The second-order valence-corrected chi connectivity index (χ2v) is 5.47. The molecule has 0 bridgehead atoms. The molecule has 2 rings (SSSR count). The molecule has 0 spiro atoms. The van der Waals surface area contributed by atoms with Crippen LogP contribution in [0.2, 0.25) is 0 Å². The van der Waals surface area contributed by atoms with Crippen molar-refractivity contribution in [3.8, 4) is 0 Å². The Hall–Kier alpha value is -1.88. The molecule has 2 atom stereocenters. The first-order chi connectivity index (χ1) is 10.1. The van der Waals surface area contributed by atoms with Crippen LogP contribution in [0.25, 0.3) is 0 Å². The fraction of sp³-hybridized carbons (Fsp3) is 0.500. The molecule has 0 saturated carbocycles. The van der Waals surface area contributed by atoms with E-state index in [0.29, 0.717) is 13.2 Å². The van der Waals surface area contributed by atoms with Crippen molar-refractivity contribution < 1.29 is 19.4 Å². The Morgan fingerprint density at radius 1 is 1.33 bits per heavy atom. The van der Waals surface area contributed by atoms with Crippen LogP contribution in [0.1, 0.15) is 25.3 Å². The Labute approximate surface area is 124 Å². The third-order valence-corrected chi connectivity index (χ3v) is 3.84. The molecule has 1 fully saturated rings. The van der Waals surface area contributed by atoms with Crippen LogP contribution in [0.3, 0.4) is 0 Å². The van der Waals surface area contributed by atoms with Gasteiger partial charge in [0.05, 0.1) is 6.61 Å². The first-order valence-corrected chi connectivity index (χ1v) is 7.23. The number of rotatable bonds is 5. The van der Waals surface area contributed by atoms with E-state index in [1.807, 2.05) is 37.3 Å². The van der Waals surface area contributed by atoms with Crippen molar-refractivity contribution >= 4 is 11.9 Å². The van der Waals surface area contributed by atoms with Crippen molar-refractivity contribution in [1.82, 2.24) is 4.90 Å². The zero-order chi connectivity index (χ0) is 15.2. The lowest BCUT2D eigenvalue weighted by Crippen LogP contribution is -2.52. The zero-order valence-electron chi connectivity index (χ0n) is 12.2. The number of carboxylic acids is 1. The van der Waals surface area contributed by atoms with Gasteiger partial charge in [-0.05, 0) is 24.3 Å².